The average molecular weight is 285 g/mol. The number of hydrogen-bond donors (Lipinski definition) is 0. The third-order valence-electron chi connectivity index (χ3n) is 2.11. The molecule has 2 nitrogen and oxygen atoms in total. The van der Waals surface area contributed by atoms with Gasteiger partial charge in [0.15, 0.2) is 0 Å². The molecule has 100 valence electrons. The third kappa shape index (κ3) is 3.35. The number of halogens is 5. The number of benzene rings is 1. The third-order valence-corrected chi connectivity index (χ3v) is 2.48. The fraction of sp³-hybridized carbons (Fsp3) is 0.364. The lowest BCUT2D eigenvalue weighted by molar-refractivity contribution is -0.142. The molecule has 1 rings (SSSR count). The van der Waals surface area contributed by atoms with Crippen LogP contribution >= 0.6 is 11.6 Å². The van der Waals surface area contributed by atoms with E-state index in [0.29, 0.717) is 6.07 Å². The second kappa shape index (κ2) is 5.56. The molecule has 0 spiro atoms. The number of hydrogen-bond acceptors (Lipinski definition) is 2. The molecule has 0 unspecified atom stereocenters. The van der Waals surface area contributed by atoms with Crippen molar-refractivity contribution < 1.29 is 27.1 Å². The van der Waals surface area contributed by atoms with E-state index in [0.717, 1.165) is 6.07 Å². The number of esters is 1. The van der Waals surface area contributed by atoms with Gasteiger partial charge in [0.25, 0.3) is 0 Å². The van der Waals surface area contributed by atoms with Gasteiger partial charge in [0, 0.05) is 5.56 Å². The van der Waals surface area contributed by atoms with Crippen molar-refractivity contribution in [2.24, 2.45) is 0 Å². The molecule has 0 aliphatic carbocycles. The highest BCUT2D eigenvalue weighted by molar-refractivity contribution is 6.31. The number of carbonyl (C=O) groups excluding carboxylic acids is 1. The Morgan fingerprint density at radius 1 is 1.39 bits per heavy atom. The van der Waals surface area contributed by atoms with Gasteiger partial charge in [0.05, 0.1) is 23.6 Å². The van der Waals surface area contributed by atoms with Crippen LogP contribution in [0.2, 0.25) is 5.02 Å². The molecule has 18 heavy (non-hydrogen) atoms. The van der Waals surface area contributed by atoms with Crippen LogP contribution in [-0.4, -0.2) is 12.6 Å². The summed E-state index contributed by atoms with van der Waals surface area (Å²) in [4.78, 5) is 11.1. The summed E-state index contributed by atoms with van der Waals surface area (Å²) in [6.45, 7) is 1.67. The highest BCUT2D eigenvalue weighted by Crippen LogP contribution is 2.36. The monoisotopic (exact) mass is 284 g/mol. The fourth-order valence-electron chi connectivity index (χ4n) is 1.31. The number of alkyl halides is 3. The molecule has 1 aromatic carbocycles. The summed E-state index contributed by atoms with van der Waals surface area (Å²) in [6.07, 6.45) is -5.20. The fourth-order valence-corrected chi connectivity index (χ4v) is 1.60. The molecule has 0 heterocycles. The zero-order chi connectivity index (χ0) is 13.9. The molecule has 0 radical (unpaired) electrons. The van der Waals surface area contributed by atoms with E-state index < -0.39 is 35.0 Å². The second-order valence-corrected chi connectivity index (χ2v) is 3.76. The zero-order valence-corrected chi connectivity index (χ0v) is 10.0. The summed E-state index contributed by atoms with van der Waals surface area (Å²) in [7, 11) is 0. The van der Waals surface area contributed by atoms with E-state index in [9.17, 15) is 22.4 Å². The smallest absolute Gasteiger partial charge is 0.417 e. The average Bonchev–Trinajstić information content (AvgIpc) is 2.23. The van der Waals surface area contributed by atoms with Gasteiger partial charge in [0.1, 0.15) is 5.82 Å². The first-order valence-electron chi connectivity index (χ1n) is 4.97. The molecular weight excluding hydrogens is 276 g/mol. The van der Waals surface area contributed by atoms with Crippen LogP contribution in [0.1, 0.15) is 18.1 Å². The first-order chi connectivity index (χ1) is 8.27. The standard InChI is InChI=1S/C11H9ClF4O2/c1-2-18-8(17)5-6-3-4-7(11(14,15)16)9(12)10(6)13/h3-4H,2,5H2,1H3. The molecule has 0 saturated heterocycles. The summed E-state index contributed by atoms with van der Waals surface area (Å²) in [5.41, 5.74) is -1.50. The quantitative estimate of drug-likeness (QED) is 0.626. The van der Waals surface area contributed by atoms with Gasteiger partial charge in [-0.3, -0.25) is 4.79 Å². The van der Waals surface area contributed by atoms with Crippen molar-refractivity contribution in [2.45, 2.75) is 19.5 Å². The van der Waals surface area contributed by atoms with E-state index in [2.05, 4.69) is 4.74 Å². The molecular formula is C11H9ClF4O2. The Hall–Kier alpha value is -1.30. The van der Waals surface area contributed by atoms with Crippen LogP contribution in [0.25, 0.3) is 0 Å². The Morgan fingerprint density at radius 2 is 2.00 bits per heavy atom. The maximum atomic E-state index is 13.6. The molecule has 0 aliphatic rings. The SMILES string of the molecule is CCOC(=O)Cc1ccc(C(F)(F)F)c(Cl)c1F. The molecule has 0 aromatic heterocycles. The highest BCUT2D eigenvalue weighted by Gasteiger charge is 2.35. The summed E-state index contributed by atoms with van der Waals surface area (Å²) >= 11 is 5.30. The van der Waals surface area contributed by atoms with Gasteiger partial charge in [-0.15, -0.1) is 0 Å². The first kappa shape index (κ1) is 14.8. The maximum Gasteiger partial charge on any atom is 0.417 e. The van der Waals surface area contributed by atoms with Crippen LogP contribution in [0, 0.1) is 5.82 Å². The Kier molecular flexibility index (Phi) is 4.56. The minimum Gasteiger partial charge on any atom is -0.466 e. The van der Waals surface area contributed by atoms with Crippen LogP contribution in [0.3, 0.4) is 0 Å². The normalized spacial score (nSPS) is 11.4. The van der Waals surface area contributed by atoms with E-state index in [-0.39, 0.29) is 12.2 Å². The minimum absolute atomic E-state index is 0.106. The predicted octanol–water partition coefficient (Wildman–Crippen LogP) is 3.60. The van der Waals surface area contributed by atoms with E-state index in [1.807, 2.05) is 0 Å². The molecule has 0 saturated carbocycles. The van der Waals surface area contributed by atoms with E-state index in [1.54, 1.807) is 6.92 Å². The van der Waals surface area contributed by atoms with Gasteiger partial charge < -0.3 is 4.74 Å². The zero-order valence-electron chi connectivity index (χ0n) is 9.28. The van der Waals surface area contributed by atoms with Gasteiger partial charge in [0.2, 0.25) is 0 Å². The molecule has 0 amide bonds. The van der Waals surface area contributed by atoms with E-state index >= 15 is 0 Å². The van der Waals surface area contributed by atoms with Crippen molar-refractivity contribution in [1.29, 1.82) is 0 Å². The van der Waals surface area contributed by atoms with Crippen molar-refractivity contribution in [3.05, 3.63) is 34.1 Å². The largest absolute Gasteiger partial charge is 0.466 e. The van der Waals surface area contributed by atoms with Crippen molar-refractivity contribution in [1.82, 2.24) is 0 Å². The van der Waals surface area contributed by atoms with Crippen LogP contribution in [0.15, 0.2) is 12.1 Å². The van der Waals surface area contributed by atoms with Crippen molar-refractivity contribution in [2.75, 3.05) is 6.61 Å². The predicted molar refractivity (Wildman–Crippen MR) is 56.7 cm³/mol. The first-order valence-corrected chi connectivity index (χ1v) is 5.34. The summed E-state index contributed by atoms with van der Waals surface area (Å²) < 4.78 is 55.3. The Labute approximate surface area is 105 Å². The highest BCUT2D eigenvalue weighted by atomic mass is 35.5. The Balaban J connectivity index is 3.05. The summed E-state index contributed by atoms with van der Waals surface area (Å²) in [6, 6.07) is 1.51. The number of rotatable bonds is 3. The molecule has 0 bridgehead atoms. The van der Waals surface area contributed by atoms with Crippen molar-refractivity contribution >= 4 is 17.6 Å². The lowest BCUT2D eigenvalue weighted by atomic mass is 10.1. The molecule has 0 N–H and O–H groups in total. The second-order valence-electron chi connectivity index (χ2n) is 3.38. The molecule has 1 aromatic rings. The van der Waals surface area contributed by atoms with Gasteiger partial charge in [-0.25, -0.2) is 4.39 Å². The van der Waals surface area contributed by atoms with Crippen LogP contribution in [-0.2, 0) is 22.1 Å². The van der Waals surface area contributed by atoms with Gasteiger partial charge >= 0.3 is 12.1 Å². The Morgan fingerprint density at radius 3 is 2.50 bits per heavy atom. The molecule has 0 fully saturated rings. The van der Waals surface area contributed by atoms with Crippen LogP contribution in [0.5, 0.6) is 0 Å². The van der Waals surface area contributed by atoms with Crippen LogP contribution in [0.4, 0.5) is 17.6 Å². The van der Waals surface area contributed by atoms with E-state index in [1.165, 1.54) is 0 Å². The molecule has 7 heteroatoms. The van der Waals surface area contributed by atoms with Crippen molar-refractivity contribution in [3.8, 4) is 0 Å². The van der Waals surface area contributed by atoms with E-state index in [4.69, 9.17) is 11.6 Å². The molecule has 0 aliphatic heterocycles. The lowest BCUT2D eigenvalue weighted by Crippen LogP contribution is -2.12. The van der Waals surface area contributed by atoms with Gasteiger partial charge in [-0.1, -0.05) is 17.7 Å². The van der Waals surface area contributed by atoms with Gasteiger partial charge in [-0.05, 0) is 13.0 Å². The number of ether oxygens (including phenoxy) is 1. The van der Waals surface area contributed by atoms with Gasteiger partial charge in [-0.2, -0.15) is 13.2 Å². The topological polar surface area (TPSA) is 26.3 Å². The van der Waals surface area contributed by atoms with Crippen LogP contribution < -0.4 is 0 Å². The maximum absolute atomic E-state index is 13.6. The number of carbonyl (C=O) groups is 1. The lowest BCUT2D eigenvalue weighted by Gasteiger charge is -2.11. The minimum atomic E-state index is -4.74. The van der Waals surface area contributed by atoms with Crippen molar-refractivity contribution in [3.63, 3.8) is 0 Å². The molecule has 0 atom stereocenters. The summed E-state index contributed by atoms with van der Waals surface area (Å²) in [5.74, 6) is -1.98. The summed E-state index contributed by atoms with van der Waals surface area (Å²) in [5, 5.41) is -1.04. The Bertz CT molecular complexity index is 457.